The van der Waals surface area contributed by atoms with Crippen LogP contribution in [0.2, 0.25) is 0 Å². The maximum Gasteiger partial charge on any atom is 0.254 e. The van der Waals surface area contributed by atoms with Gasteiger partial charge < -0.3 is 4.90 Å². The average molecular weight is 482 g/mol. The molecule has 1 N–H and O–H groups in total. The van der Waals surface area contributed by atoms with Crippen molar-refractivity contribution in [2.75, 3.05) is 26.2 Å². The summed E-state index contributed by atoms with van der Waals surface area (Å²) in [5.74, 6) is -0.991. The van der Waals surface area contributed by atoms with Gasteiger partial charge in [-0.05, 0) is 55.7 Å². The molecule has 1 saturated carbocycles. The first-order valence-corrected chi connectivity index (χ1v) is 13.2. The molecule has 32 heavy (non-hydrogen) atoms. The number of piperazine rings is 1. The highest BCUT2D eigenvalue weighted by Crippen LogP contribution is 2.24. The molecule has 0 unspecified atom stereocenters. The zero-order valence-corrected chi connectivity index (χ0v) is 19.1. The zero-order chi connectivity index (χ0) is 23.1. The highest BCUT2D eigenvalue weighted by molar-refractivity contribution is 7.89. The number of hydrogen-bond acceptors (Lipinski definition) is 5. The fourth-order valence-electron chi connectivity index (χ4n) is 3.57. The van der Waals surface area contributed by atoms with Crippen LogP contribution >= 0.6 is 0 Å². The van der Waals surface area contributed by atoms with Gasteiger partial charge >= 0.3 is 0 Å². The number of aryl methyl sites for hydroxylation is 1. The Balaban J connectivity index is 1.48. The van der Waals surface area contributed by atoms with Crippen molar-refractivity contribution < 1.29 is 26.0 Å². The number of amides is 1. The minimum Gasteiger partial charge on any atom is -0.336 e. The van der Waals surface area contributed by atoms with Crippen LogP contribution in [0.4, 0.5) is 4.39 Å². The number of halogens is 1. The SMILES string of the molecule is Cc1ccc(S(=O)(=O)NC2CC2)cc1C(=O)N1CCN(S(=O)(=O)c2cccc(F)c2)CC1. The minimum absolute atomic E-state index is 0.0330. The Morgan fingerprint density at radius 2 is 1.66 bits per heavy atom. The summed E-state index contributed by atoms with van der Waals surface area (Å²) >= 11 is 0. The largest absolute Gasteiger partial charge is 0.336 e. The lowest BCUT2D eigenvalue weighted by Gasteiger charge is -2.34. The Hall–Kier alpha value is -2.34. The molecule has 1 aliphatic heterocycles. The first-order valence-electron chi connectivity index (χ1n) is 10.3. The van der Waals surface area contributed by atoms with Gasteiger partial charge in [0.2, 0.25) is 20.0 Å². The van der Waals surface area contributed by atoms with Crippen molar-refractivity contribution in [1.82, 2.24) is 13.9 Å². The number of rotatable bonds is 6. The van der Waals surface area contributed by atoms with Crippen LogP contribution in [0, 0.1) is 12.7 Å². The van der Waals surface area contributed by atoms with Crippen molar-refractivity contribution >= 4 is 26.0 Å². The molecule has 1 heterocycles. The Morgan fingerprint density at radius 1 is 0.969 bits per heavy atom. The van der Waals surface area contributed by atoms with Gasteiger partial charge in [0.1, 0.15) is 5.82 Å². The maximum absolute atomic E-state index is 13.5. The van der Waals surface area contributed by atoms with E-state index in [1.807, 2.05) is 0 Å². The number of nitrogens with zero attached hydrogens (tertiary/aromatic N) is 2. The van der Waals surface area contributed by atoms with Crippen molar-refractivity contribution in [2.45, 2.75) is 35.6 Å². The molecule has 0 bridgehead atoms. The summed E-state index contributed by atoms with van der Waals surface area (Å²) in [6, 6.07) is 9.21. The van der Waals surface area contributed by atoms with Gasteiger partial charge in [0.15, 0.2) is 0 Å². The quantitative estimate of drug-likeness (QED) is 0.677. The molecule has 1 aliphatic carbocycles. The molecule has 0 atom stereocenters. The van der Waals surface area contributed by atoms with Crippen LogP contribution in [0.3, 0.4) is 0 Å². The van der Waals surface area contributed by atoms with Crippen molar-refractivity contribution in [2.24, 2.45) is 0 Å². The highest BCUT2D eigenvalue weighted by Gasteiger charge is 2.32. The standard InChI is InChI=1S/C21H24FN3O5S2/c1-15-5-8-18(31(27,28)23-17-6-7-17)14-20(15)21(26)24-9-11-25(12-10-24)32(29,30)19-4-2-3-16(22)13-19/h2-5,8,13-14,17,23H,6-7,9-12H2,1H3. The van der Waals surface area contributed by atoms with Gasteiger partial charge in [0.05, 0.1) is 9.79 Å². The van der Waals surface area contributed by atoms with Gasteiger partial charge in [-0.1, -0.05) is 12.1 Å². The molecule has 4 rings (SSSR count). The van der Waals surface area contributed by atoms with E-state index in [-0.39, 0.29) is 53.5 Å². The number of carbonyl (C=O) groups excluding carboxylic acids is 1. The first kappa shape index (κ1) is 22.8. The van der Waals surface area contributed by atoms with E-state index in [1.165, 1.54) is 39.5 Å². The predicted molar refractivity (Wildman–Crippen MR) is 116 cm³/mol. The van der Waals surface area contributed by atoms with Crippen molar-refractivity contribution in [3.05, 3.63) is 59.4 Å². The molecule has 0 radical (unpaired) electrons. The number of sulfonamides is 2. The van der Waals surface area contributed by atoms with Crippen LogP contribution in [0.25, 0.3) is 0 Å². The summed E-state index contributed by atoms with van der Waals surface area (Å²) in [6.07, 6.45) is 1.61. The fraction of sp³-hybridized carbons (Fsp3) is 0.381. The molecular weight excluding hydrogens is 457 g/mol. The molecule has 0 spiro atoms. The molecular formula is C21H24FN3O5S2. The molecule has 8 nitrogen and oxygen atoms in total. The highest BCUT2D eigenvalue weighted by atomic mass is 32.2. The topological polar surface area (TPSA) is 104 Å². The third-order valence-electron chi connectivity index (χ3n) is 5.61. The molecule has 1 amide bonds. The monoisotopic (exact) mass is 481 g/mol. The number of benzene rings is 2. The zero-order valence-electron chi connectivity index (χ0n) is 17.5. The molecule has 2 aromatic rings. The van der Waals surface area contributed by atoms with E-state index in [0.717, 1.165) is 18.9 Å². The average Bonchev–Trinajstić information content (AvgIpc) is 3.57. The minimum atomic E-state index is -3.87. The molecule has 2 aromatic carbocycles. The summed E-state index contributed by atoms with van der Waals surface area (Å²) < 4.78 is 67.9. The third kappa shape index (κ3) is 4.70. The van der Waals surface area contributed by atoms with Gasteiger partial charge in [-0.2, -0.15) is 4.31 Å². The molecule has 0 aromatic heterocycles. The van der Waals surface area contributed by atoms with Crippen LogP contribution in [0.5, 0.6) is 0 Å². The lowest BCUT2D eigenvalue weighted by atomic mass is 10.1. The van der Waals surface area contributed by atoms with E-state index in [4.69, 9.17) is 0 Å². The Kier molecular flexibility index (Phi) is 6.10. The number of hydrogen-bond donors (Lipinski definition) is 1. The van der Waals surface area contributed by atoms with Gasteiger partial charge in [-0.3, -0.25) is 4.79 Å². The van der Waals surface area contributed by atoms with E-state index in [9.17, 15) is 26.0 Å². The van der Waals surface area contributed by atoms with Gasteiger partial charge in [0.25, 0.3) is 5.91 Å². The van der Waals surface area contributed by atoms with Crippen LogP contribution < -0.4 is 4.72 Å². The van der Waals surface area contributed by atoms with Crippen molar-refractivity contribution in [1.29, 1.82) is 0 Å². The van der Waals surface area contributed by atoms with Crippen molar-refractivity contribution in [3.63, 3.8) is 0 Å². The van der Waals surface area contributed by atoms with E-state index >= 15 is 0 Å². The first-order chi connectivity index (χ1) is 15.1. The van der Waals surface area contributed by atoms with E-state index in [0.29, 0.717) is 5.56 Å². The molecule has 1 saturated heterocycles. The Morgan fingerprint density at radius 3 is 2.28 bits per heavy atom. The van der Waals surface area contributed by atoms with Crippen molar-refractivity contribution in [3.8, 4) is 0 Å². The van der Waals surface area contributed by atoms with E-state index in [1.54, 1.807) is 13.0 Å². The third-order valence-corrected chi connectivity index (χ3v) is 9.02. The lowest BCUT2D eigenvalue weighted by molar-refractivity contribution is 0.0697. The second-order valence-electron chi connectivity index (χ2n) is 8.03. The van der Waals surface area contributed by atoms with Crippen LogP contribution in [-0.4, -0.2) is 64.2 Å². The summed E-state index contributed by atoms with van der Waals surface area (Å²) in [5.41, 5.74) is 0.903. The van der Waals surface area contributed by atoms with E-state index in [2.05, 4.69) is 4.72 Å². The van der Waals surface area contributed by atoms with Crippen LogP contribution in [-0.2, 0) is 20.0 Å². The van der Waals surface area contributed by atoms with Crippen LogP contribution in [0.1, 0.15) is 28.8 Å². The molecule has 2 fully saturated rings. The normalized spacial score (nSPS) is 18.0. The Labute approximate surface area is 187 Å². The van der Waals surface area contributed by atoms with Gasteiger partial charge in [-0.25, -0.2) is 25.9 Å². The second kappa shape index (κ2) is 8.54. The van der Waals surface area contributed by atoms with E-state index < -0.39 is 25.9 Å². The molecule has 172 valence electrons. The van der Waals surface area contributed by atoms with Gasteiger partial charge in [0, 0.05) is 37.8 Å². The Bertz CT molecular complexity index is 1250. The predicted octanol–water partition coefficient (Wildman–Crippen LogP) is 1.72. The lowest BCUT2D eigenvalue weighted by Crippen LogP contribution is -2.50. The summed E-state index contributed by atoms with van der Waals surface area (Å²) in [4.78, 5) is 14.5. The second-order valence-corrected chi connectivity index (χ2v) is 11.7. The molecule has 11 heteroatoms. The summed E-state index contributed by atoms with van der Waals surface area (Å²) in [6.45, 7) is 2.13. The maximum atomic E-state index is 13.5. The van der Waals surface area contributed by atoms with Gasteiger partial charge in [-0.15, -0.1) is 0 Å². The number of nitrogens with one attached hydrogen (secondary N) is 1. The summed E-state index contributed by atoms with van der Waals surface area (Å²) in [5, 5.41) is 0. The van der Waals surface area contributed by atoms with Crippen LogP contribution in [0.15, 0.2) is 52.3 Å². The number of carbonyl (C=O) groups is 1. The smallest absolute Gasteiger partial charge is 0.254 e. The summed E-state index contributed by atoms with van der Waals surface area (Å²) in [7, 11) is -7.57. The molecule has 2 aliphatic rings. The fourth-order valence-corrected chi connectivity index (χ4v) is 6.35.